The molecule has 1 saturated carbocycles. The average molecular weight is 262 g/mol. The topological polar surface area (TPSA) is 89.3 Å². The van der Waals surface area contributed by atoms with Crippen LogP contribution < -0.4 is 5.56 Å². The number of H-pyrrole nitrogens is 1. The van der Waals surface area contributed by atoms with Crippen LogP contribution in [0.3, 0.4) is 0 Å². The standard InChI is InChI=1S/C12H14N4O3/c1-2-19-11(18)8-6-13-12-14-9(7-4-3-5-7)15-16(12)10(8)17/h6-7H,2-5H2,1H3,(H,13,14,15). The molecule has 1 N–H and O–H groups in total. The highest BCUT2D eigenvalue weighted by molar-refractivity contribution is 5.88. The number of nitrogens with zero attached hydrogens (tertiary/aromatic N) is 3. The Morgan fingerprint density at radius 1 is 1.58 bits per heavy atom. The van der Waals surface area contributed by atoms with E-state index in [-0.39, 0.29) is 12.2 Å². The summed E-state index contributed by atoms with van der Waals surface area (Å²) in [4.78, 5) is 32.1. The first-order valence-corrected chi connectivity index (χ1v) is 6.35. The zero-order valence-corrected chi connectivity index (χ0v) is 10.5. The number of aromatic amines is 1. The fourth-order valence-electron chi connectivity index (χ4n) is 2.09. The van der Waals surface area contributed by atoms with Crippen molar-refractivity contribution in [1.29, 1.82) is 0 Å². The molecule has 0 radical (unpaired) electrons. The minimum Gasteiger partial charge on any atom is -0.462 e. The lowest BCUT2D eigenvalue weighted by Gasteiger charge is -2.22. The summed E-state index contributed by atoms with van der Waals surface area (Å²) >= 11 is 0. The highest BCUT2D eigenvalue weighted by Crippen LogP contribution is 2.34. The quantitative estimate of drug-likeness (QED) is 0.829. The highest BCUT2D eigenvalue weighted by atomic mass is 16.5. The van der Waals surface area contributed by atoms with Crippen LogP contribution in [-0.2, 0) is 4.74 Å². The van der Waals surface area contributed by atoms with E-state index in [0.29, 0.717) is 11.7 Å². The zero-order chi connectivity index (χ0) is 13.4. The molecular formula is C12H14N4O3. The van der Waals surface area contributed by atoms with E-state index in [0.717, 1.165) is 18.7 Å². The van der Waals surface area contributed by atoms with E-state index in [1.54, 1.807) is 6.92 Å². The van der Waals surface area contributed by atoms with Crippen molar-refractivity contribution in [3.63, 3.8) is 0 Å². The van der Waals surface area contributed by atoms with Crippen molar-refractivity contribution in [3.8, 4) is 0 Å². The van der Waals surface area contributed by atoms with E-state index >= 15 is 0 Å². The predicted octanol–water partition coefficient (Wildman–Crippen LogP) is 0.862. The van der Waals surface area contributed by atoms with Crippen LogP contribution >= 0.6 is 0 Å². The van der Waals surface area contributed by atoms with Crippen LogP contribution in [0.1, 0.15) is 48.3 Å². The van der Waals surface area contributed by atoms with E-state index in [1.165, 1.54) is 17.1 Å². The molecule has 1 aliphatic rings. The van der Waals surface area contributed by atoms with Crippen molar-refractivity contribution in [2.45, 2.75) is 32.1 Å². The molecule has 0 spiro atoms. The summed E-state index contributed by atoms with van der Waals surface area (Å²) < 4.78 is 6.03. The van der Waals surface area contributed by atoms with Crippen LogP contribution in [0.2, 0.25) is 0 Å². The highest BCUT2D eigenvalue weighted by Gasteiger charge is 2.24. The SMILES string of the molecule is CCOC(=O)c1cnc2nc(C3CCC3)[nH]n2c1=O. The summed E-state index contributed by atoms with van der Waals surface area (Å²) in [7, 11) is 0. The van der Waals surface area contributed by atoms with Crippen LogP contribution in [0.5, 0.6) is 0 Å². The van der Waals surface area contributed by atoms with Crippen molar-refractivity contribution >= 4 is 11.7 Å². The molecule has 0 atom stereocenters. The van der Waals surface area contributed by atoms with E-state index in [4.69, 9.17) is 4.74 Å². The Bertz CT molecular complexity index is 684. The molecule has 19 heavy (non-hydrogen) atoms. The molecule has 0 aromatic carbocycles. The van der Waals surface area contributed by atoms with Crippen molar-refractivity contribution < 1.29 is 9.53 Å². The van der Waals surface area contributed by atoms with Crippen molar-refractivity contribution in [3.05, 3.63) is 27.9 Å². The van der Waals surface area contributed by atoms with Gasteiger partial charge in [-0.15, -0.1) is 0 Å². The van der Waals surface area contributed by atoms with Gasteiger partial charge in [0.25, 0.3) is 11.3 Å². The molecule has 100 valence electrons. The second-order valence-corrected chi connectivity index (χ2v) is 4.57. The van der Waals surface area contributed by atoms with Crippen LogP contribution in [0.25, 0.3) is 5.78 Å². The Balaban J connectivity index is 2.05. The summed E-state index contributed by atoms with van der Waals surface area (Å²) in [5, 5.41) is 2.93. The van der Waals surface area contributed by atoms with Crippen LogP contribution in [0.4, 0.5) is 0 Å². The molecule has 2 aromatic rings. The predicted molar refractivity (Wildman–Crippen MR) is 66.2 cm³/mol. The molecule has 7 nitrogen and oxygen atoms in total. The second-order valence-electron chi connectivity index (χ2n) is 4.57. The third-order valence-corrected chi connectivity index (χ3v) is 3.38. The minimum atomic E-state index is -0.658. The van der Waals surface area contributed by atoms with Gasteiger partial charge < -0.3 is 4.74 Å². The fourth-order valence-corrected chi connectivity index (χ4v) is 2.09. The number of carbonyl (C=O) groups is 1. The van der Waals surface area contributed by atoms with Gasteiger partial charge in [0.1, 0.15) is 11.4 Å². The molecule has 2 aromatic heterocycles. The smallest absolute Gasteiger partial charge is 0.345 e. The number of aromatic nitrogens is 4. The zero-order valence-electron chi connectivity index (χ0n) is 10.5. The molecule has 0 bridgehead atoms. The number of nitrogens with one attached hydrogen (secondary N) is 1. The molecule has 3 rings (SSSR count). The largest absolute Gasteiger partial charge is 0.462 e. The molecule has 0 unspecified atom stereocenters. The molecule has 2 heterocycles. The van der Waals surface area contributed by atoms with Gasteiger partial charge >= 0.3 is 5.97 Å². The van der Waals surface area contributed by atoms with Gasteiger partial charge in [0.2, 0.25) is 0 Å². The Labute approximate surface area is 108 Å². The van der Waals surface area contributed by atoms with Gasteiger partial charge in [0.15, 0.2) is 0 Å². The fraction of sp³-hybridized carbons (Fsp3) is 0.500. The summed E-state index contributed by atoms with van der Waals surface area (Å²) in [6.07, 6.45) is 4.54. The first-order valence-electron chi connectivity index (χ1n) is 6.35. The maximum Gasteiger partial charge on any atom is 0.345 e. The average Bonchev–Trinajstić information content (AvgIpc) is 2.71. The molecule has 7 heteroatoms. The second kappa shape index (κ2) is 4.49. The van der Waals surface area contributed by atoms with E-state index in [1.807, 2.05) is 0 Å². The number of fused-ring (bicyclic) bond motifs is 1. The summed E-state index contributed by atoms with van der Waals surface area (Å²) in [6.45, 7) is 1.91. The number of ether oxygens (including phenoxy) is 1. The summed E-state index contributed by atoms with van der Waals surface area (Å²) in [5.41, 5.74) is -0.551. The lowest BCUT2D eigenvalue weighted by Crippen LogP contribution is -2.24. The van der Waals surface area contributed by atoms with Gasteiger partial charge in [-0.3, -0.25) is 9.89 Å². The van der Waals surface area contributed by atoms with Gasteiger partial charge in [0.05, 0.1) is 12.8 Å². The number of hydrogen-bond acceptors (Lipinski definition) is 5. The van der Waals surface area contributed by atoms with Crippen LogP contribution in [-0.4, -0.2) is 32.2 Å². The first-order chi connectivity index (χ1) is 9.20. The lowest BCUT2D eigenvalue weighted by molar-refractivity contribution is 0.0523. The van der Waals surface area contributed by atoms with E-state index in [9.17, 15) is 9.59 Å². The molecule has 0 saturated heterocycles. The van der Waals surface area contributed by atoms with Gasteiger partial charge in [-0.25, -0.2) is 9.78 Å². The Morgan fingerprint density at radius 2 is 2.37 bits per heavy atom. The molecule has 0 aliphatic heterocycles. The normalized spacial score (nSPS) is 15.4. The molecular weight excluding hydrogens is 248 g/mol. The van der Waals surface area contributed by atoms with Gasteiger partial charge in [-0.2, -0.15) is 9.50 Å². The van der Waals surface area contributed by atoms with Crippen molar-refractivity contribution in [1.82, 2.24) is 19.6 Å². The number of hydrogen-bond donors (Lipinski definition) is 1. The third kappa shape index (κ3) is 1.91. The van der Waals surface area contributed by atoms with Gasteiger partial charge in [-0.1, -0.05) is 6.42 Å². The maximum atomic E-state index is 12.1. The minimum absolute atomic E-state index is 0.0804. The van der Waals surface area contributed by atoms with E-state index in [2.05, 4.69) is 15.1 Å². The molecule has 0 amide bonds. The van der Waals surface area contributed by atoms with Crippen molar-refractivity contribution in [2.75, 3.05) is 6.61 Å². The molecule has 1 aliphatic carbocycles. The first kappa shape index (κ1) is 11.9. The van der Waals surface area contributed by atoms with Crippen LogP contribution in [0.15, 0.2) is 11.0 Å². The monoisotopic (exact) mass is 262 g/mol. The third-order valence-electron chi connectivity index (χ3n) is 3.38. The Kier molecular flexibility index (Phi) is 2.81. The maximum absolute atomic E-state index is 12.1. The van der Waals surface area contributed by atoms with E-state index < -0.39 is 11.5 Å². The number of esters is 1. The van der Waals surface area contributed by atoms with Gasteiger partial charge in [-0.05, 0) is 19.8 Å². The van der Waals surface area contributed by atoms with Crippen LogP contribution in [0, 0.1) is 0 Å². The number of rotatable bonds is 3. The molecule has 1 fully saturated rings. The van der Waals surface area contributed by atoms with Crippen molar-refractivity contribution in [2.24, 2.45) is 0 Å². The Hall–Kier alpha value is -2.18. The summed E-state index contributed by atoms with van der Waals surface area (Å²) in [5.74, 6) is 0.762. The Morgan fingerprint density at radius 3 is 3.00 bits per heavy atom. The number of carbonyl (C=O) groups excluding carboxylic acids is 1. The lowest BCUT2D eigenvalue weighted by atomic mass is 9.85. The summed E-state index contributed by atoms with van der Waals surface area (Å²) in [6, 6.07) is 0. The van der Waals surface area contributed by atoms with Gasteiger partial charge in [0, 0.05) is 5.92 Å².